The van der Waals surface area contributed by atoms with Gasteiger partial charge in [-0.3, -0.25) is 4.79 Å². The minimum Gasteiger partial charge on any atom is -0.497 e. The summed E-state index contributed by atoms with van der Waals surface area (Å²) >= 11 is 1.66. The normalized spacial score (nSPS) is 16.0. The molecule has 0 radical (unpaired) electrons. The number of fused-ring (bicyclic) bond motifs is 1. The number of piperidine rings is 1. The molecule has 2 aromatic heterocycles. The van der Waals surface area contributed by atoms with Gasteiger partial charge in [0.1, 0.15) is 5.75 Å². The predicted molar refractivity (Wildman–Crippen MR) is 141 cm³/mol. The Labute approximate surface area is 209 Å². The molecule has 7 nitrogen and oxygen atoms in total. The monoisotopic (exact) mass is 489 g/mol. The largest absolute Gasteiger partial charge is 0.497 e. The number of hydrogen-bond acceptors (Lipinski definition) is 6. The molecular formula is C27H31N5O2S. The number of anilines is 1. The molecule has 1 amide bonds. The number of ether oxygens (including phenoxy) is 1. The lowest BCUT2D eigenvalue weighted by Crippen LogP contribution is -2.43. The molecule has 1 fully saturated rings. The Morgan fingerprint density at radius 3 is 2.60 bits per heavy atom. The van der Waals surface area contributed by atoms with Gasteiger partial charge in [-0.05, 0) is 61.6 Å². The molecule has 1 N–H and O–H groups in total. The fourth-order valence-electron chi connectivity index (χ4n) is 4.55. The van der Waals surface area contributed by atoms with Crippen molar-refractivity contribution in [3.8, 4) is 11.4 Å². The van der Waals surface area contributed by atoms with Crippen LogP contribution in [-0.4, -0.2) is 40.9 Å². The van der Waals surface area contributed by atoms with E-state index in [1.807, 2.05) is 35.9 Å². The number of benzene rings is 2. The van der Waals surface area contributed by atoms with Crippen LogP contribution >= 0.6 is 11.3 Å². The van der Waals surface area contributed by atoms with E-state index in [-0.39, 0.29) is 11.8 Å². The number of aryl methyl sites for hydroxylation is 2. The second-order valence-corrected chi connectivity index (χ2v) is 9.99. The van der Waals surface area contributed by atoms with E-state index in [1.165, 1.54) is 5.56 Å². The highest BCUT2D eigenvalue weighted by Crippen LogP contribution is 2.34. The van der Waals surface area contributed by atoms with Crippen LogP contribution in [0.1, 0.15) is 36.6 Å². The highest BCUT2D eigenvalue weighted by molar-refractivity contribution is 7.22. The summed E-state index contributed by atoms with van der Waals surface area (Å²) < 4.78 is 8.25. The zero-order chi connectivity index (χ0) is 24.4. The first-order chi connectivity index (χ1) is 17.1. The van der Waals surface area contributed by atoms with Crippen LogP contribution in [0.2, 0.25) is 0 Å². The van der Waals surface area contributed by atoms with Crippen molar-refractivity contribution < 1.29 is 9.53 Å². The number of carbonyl (C=O) groups excluding carboxylic acids is 1. The van der Waals surface area contributed by atoms with E-state index in [0.29, 0.717) is 13.1 Å². The lowest BCUT2D eigenvalue weighted by molar-refractivity contribution is -0.125. The number of nitrogens with one attached hydrogen (secondary N) is 1. The molecular weight excluding hydrogens is 458 g/mol. The SMILES string of the molecule is CCc1ccc(CNC(=O)C2CCCN(c3nc4c(s3)c(C)nn4-c3ccc(OC)cc3)C2)cc1. The number of carbonyl (C=O) groups is 1. The van der Waals surface area contributed by atoms with Crippen LogP contribution in [0.4, 0.5) is 5.13 Å². The van der Waals surface area contributed by atoms with Crippen molar-refractivity contribution in [3.05, 3.63) is 65.4 Å². The molecule has 3 heterocycles. The Balaban J connectivity index is 1.29. The molecule has 8 heteroatoms. The zero-order valence-corrected chi connectivity index (χ0v) is 21.3. The Morgan fingerprint density at radius 1 is 1.14 bits per heavy atom. The third-order valence-corrected chi connectivity index (χ3v) is 7.87. The number of rotatable bonds is 7. The zero-order valence-electron chi connectivity index (χ0n) is 20.5. The van der Waals surface area contributed by atoms with Gasteiger partial charge in [0.05, 0.1) is 29.1 Å². The van der Waals surface area contributed by atoms with E-state index >= 15 is 0 Å². The fraction of sp³-hybridized carbons (Fsp3) is 0.370. The van der Waals surface area contributed by atoms with E-state index in [1.54, 1.807) is 18.4 Å². The molecule has 0 bridgehead atoms. The molecule has 1 aliphatic heterocycles. The van der Waals surface area contributed by atoms with Crippen LogP contribution in [0.15, 0.2) is 48.5 Å². The van der Waals surface area contributed by atoms with Gasteiger partial charge in [0.2, 0.25) is 5.91 Å². The maximum absolute atomic E-state index is 13.0. The molecule has 5 rings (SSSR count). The van der Waals surface area contributed by atoms with Gasteiger partial charge in [0.25, 0.3) is 0 Å². The summed E-state index contributed by atoms with van der Waals surface area (Å²) in [5.41, 5.74) is 5.20. The van der Waals surface area contributed by atoms with Crippen molar-refractivity contribution in [3.63, 3.8) is 0 Å². The molecule has 0 saturated carbocycles. The molecule has 2 aromatic carbocycles. The number of methoxy groups -OCH3 is 1. The van der Waals surface area contributed by atoms with Gasteiger partial charge in [0, 0.05) is 19.6 Å². The van der Waals surface area contributed by atoms with Crippen LogP contribution in [0.3, 0.4) is 0 Å². The summed E-state index contributed by atoms with van der Waals surface area (Å²) in [5, 5.41) is 8.81. The predicted octanol–water partition coefficient (Wildman–Crippen LogP) is 4.89. The molecule has 0 aliphatic carbocycles. The first-order valence-electron chi connectivity index (χ1n) is 12.2. The summed E-state index contributed by atoms with van der Waals surface area (Å²) in [7, 11) is 1.66. The van der Waals surface area contributed by atoms with Gasteiger partial charge in [0.15, 0.2) is 10.8 Å². The van der Waals surface area contributed by atoms with Gasteiger partial charge in [-0.2, -0.15) is 10.1 Å². The fourth-order valence-corrected chi connectivity index (χ4v) is 5.57. The molecule has 0 spiro atoms. The standard InChI is InChI=1S/C27H31N5O2S/c1-4-19-7-9-20(10-8-19)16-28-26(33)21-6-5-15-31(17-21)27-29-25-24(35-27)18(2)30-32(25)22-11-13-23(34-3)14-12-22/h7-14,21H,4-6,15-17H2,1-3H3,(H,28,33). The maximum atomic E-state index is 13.0. The third kappa shape index (κ3) is 4.89. The van der Waals surface area contributed by atoms with E-state index in [0.717, 1.165) is 64.0 Å². The smallest absolute Gasteiger partial charge is 0.225 e. The minimum atomic E-state index is -0.0372. The summed E-state index contributed by atoms with van der Waals surface area (Å²) in [6, 6.07) is 16.3. The Hall–Kier alpha value is -3.39. The molecule has 1 aliphatic rings. The van der Waals surface area contributed by atoms with Crippen LogP contribution in [0.25, 0.3) is 16.0 Å². The summed E-state index contributed by atoms with van der Waals surface area (Å²) in [4.78, 5) is 20.2. The van der Waals surface area contributed by atoms with Crippen molar-refractivity contribution >= 4 is 32.7 Å². The van der Waals surface area contributed by atoms with Gasteiger partial charge >= 0.3 is 0 Å². The number of nitrogens with zero attached hydrogens (tertiary/aromatic N) is 4. The lowest BCUT2D eigenvalue weighted by atomic mass is 9.97. The van der Waals surface area contributed by atoms with Crippen molar-refractivity contribution in [2.45, 2.75) is 39.7 Å². The van der Waals surface area contributed by atoms with Crippen molar-refractivity contribution in [2.75, 3.05) is 25.1 Å². The number of aromatic nitrogens is 3. The first kappa shape index (κ1) is 23.4. The molecule has 182 valence electrons. The van der Waals surface area contributed by atoms with Crippen LogP contribution in [0, 0.1) is 12.8 Å². The lowest BCUT2D eigenvalue weighted by Gasteiger charge is -2.31. The van der Waals surface area contributed by atoms with Crippen molar-refractivity contribution in [1.29, 1.82) is 0 Å². The second kappa shape index (κ2) is 10.1. The second-order valence-electron chi connectivity index (χ2n) is 9.02. The molecule has 4 aromatic rings. The van der Waals surface area contributed by atoms with Crippen LogP contribution in [0.5, 0.6) is 5.75 Å². The number of amides is 1. The van der Waals surface area contributed by atoms with E-state index in [4.69, 9.17) is 14.8 Å². The van der Waals surface area contributed by atoms with Crippen molar-refractivity contribution in [2.24, 2.45) is 5.92 Å². The third-order valence-electron chi connectivity index (χ3n) is 6.65. The van der Waals surface area contributed by atoms with E-state index < -0.39 is 0 Å². The Kier molecular flexibility index (Phi) is 6.72. The van der Waals surface area contributed by atoms with Crippen LogP contribution in [-0.2, 0) is 17.8 Å². The Bertz CT molecular complexity index is 1310. The molecule has 1 atom stereocenters. The molecule has 1 saturated heterocycles. The summed E-state index contributed by atoms with van der Waals surface area (Å²) in [6.45, 7) is 6.33. The number of hydrogen-bond donors (Lipinski definition) is 1. The van der Waals surface area contributed by atoms with E-state index in [2.05, 4.69) is 41.4 Å². The van der Waals surface area contributed by atoms with Gasteiger partial charge in [-0.15, -0.1) is 0 Å². The average Bonchev–Trinajstić information content (AvgIpc) is 3.48. The first-order valence-corrected chi connectivity index (χ1v) is 13.0. The minimum absolute atomic E-state index is 0.0372. The highest BCUT2D eigenvalue weighted by atomic mass is 32.1. The van der Waals surface area contributed by atoms with Gasteiger partial charge in [-0.1, -0.05) is 42.5 Å². The van der Waals surface area contributed by atoms with Gasteiger partial charge < -0.3 is 15.0 Å². The van der Waals surface area contributed by atoms with Crippen LogP contribution < -0.4 is 15.0 Å². The average molecular weight is 490 g/mol. The number of thiazole rings is 1. The highest BCUT2D eigenvalue weighted by Gasteiger charge is 2.28. The van der Waals surface area contributed by atoms with Crippen molar-refractivity contribution in [1.82, 2.24) is 20.1 Å². The summed E-state index contributed by atoms with van der Waals surface area (Å²) in [6.07, 6.45) is 2.90. The van der Waals surface area contributed by atoms with E-state index in [9.17, 15) is 4.79 Å². The van der Waals surface area contributed by atoms with Gasteiger partial charge in [-0.25, -0.2) is 4.68 Å². The topological polar surface area (TPSA) is 72.3 Å². The molecule has 35 heavy (non-hydrogen) atoms. The quantitative estimate of drug-likeness (QED) is 0.400. The Morgan fingerprint density at radius 2 is 1.89 bits per heavy atom. The molecule has 1 unspecified atom stereocenters. The maximum Gasteiger partial charge on any atom is 0.225 e. The summed E-state index contributed by atoms with van der Waals surface area (Å²) in [5.74, 6) is 0.893.